The number of benzene rings is 1. The standard InChI is InChI=1S/C16H23NO3/c1-11-5-7-15(20-4)14(9-11)6-8-16(19)17-12(2)10-13(3)18/h5-9,12-13,18H,10H2,1-4H3,(H,17,19)/b8-6+. The van der Waals surface area contributed by atoms with Gasteiger partial charge in [-0.2, -0.15) is 0 Å². The van der Waals surface area contributed by atoms with Gasteiger partial charge in [-0.1, -0.05) is 11.6 Å². The average molecular weight is 277 g/mol. The highest BCUT2D eigenvalue weighted by Crippen LogP contribution is 2.20. The second-order valence-electron chi connectivity index (χ2n) is 5.07. The van der Waals surface area contributed by atoms with Crippen LogP contribution < -0.4 is 10.1 Å². The molecule has 0 fully saturated rings. The molecule has 0 radical (unpaired) electrons. The molecule has 0 aliphatic carbocycles. The van der Waals surface area contributed by atoms with E-state index in [2.05, 4.69) is 5.32 Å². The van der Waals surface area contributed by atoms with Gasteiger partial charge in [0.25, 0.3) is 0 Å². The van der Waals surface area contributed by atoms with Crippen LogP contribution in [0.4, 0.5) is 0 Å². The highest BCUT2D eigenvalue weighted by molar-refractivity contribution is 5.92. The summed E-state index contributed by atoms with van der Waals surface area (Å²) in [6, 6.07) is 5.73. The van der Waals surface area contributed by atoms with Gasteiger partial charge in [0.05, 0.1) is 13.2 Å². The zero-order chi connectivity index (χ0) is 15.1. The first-order chi connectivity index (χ1) is 9.42. The molecule has 2 unspecified atom stereocenters. The number of hydrogen-bond acceptors (Lipinski definition) is 3. The Balaban J connectivity index is 2.68. The Hall–Kier alpha value is -1.81. The Bertz CT molecular complexity index is 481. The molecule has 0 heterocycles. The number of aliphatic hydroxyl groups is 1. The normalized spacial score (nSPS) is 14.1. The predicted molar refractivity (Wildman–Crippen MR) is 80.7 cm³/mol. The molecule has 110 valence electrons. The third-order valence-corrected chi connectivity index (χ3v) is 2.88. The summed E-state index contributed by atoms with van der Waals surface area (Å²) in [5.74, 6) is 0.554. The van der Waals surface area contributed by atoms with Gasteiger partial charge in [0, 0.05) is 17.7 Å². The lowest BCUT2D eigenvalue weighted by molar-refractivity contribution is -0.117. The van der Waals surface area contributed by atoms with Crippen LogP contribution in [0.5, 0.6) is 5.75 Å². The van der Waals surface area contributed by atoms with E-state index in [1.54, 1.807) is 20.1 Å². The fourth-order valence-electron chi connectivity index (χ4n) is 2.01. The van der Waals surface area contributed by atoms with E-state index in [-0.39, 0.29) is 11.9 Å². The molecule has 20 heavy (non-hydrogen) atoms. The van der Waals surface area contributed by atoms with E-state index in [9.17, 15) is 9.90 Å². The molecule has 0 saturated heterocycles. The molecule has 1 aromatic rings. The lowest BCUT2D eigenvalue weighted by Gasteiger charge is -2.13. The van der Waals surface area contributed by atoms with E-state index >= 15 is 0 Å². The highest BCUT2D eigenvalue weighted by atomic mass is 16.5. The largest absolute Gasteiger partial charge is 0.496 e. The molecule has 0 aliphatic rings. The van der Waals surface area contributed by atoms with Crippen molar-refractivity contribution in [1.29, 1.82) is 0 Å². The van der Waals surface area contributed by atoms with Crippen LogP contribution in [0.3, 0.4) is 0 Å². The SMILES string of the molecule is COc1ccc(C)cc1/C=C/C(=O)NC(C)CC(C)O. The van der Waals surface area contributed by atoms with Gasteiger partial charge in [0.15, 0.2) is 0 Å². The monoisotopic (exact) mass is 277 g/mol. The van der Waals surface area contributed by atoms with Gasteiger partial charge in [-0.3, -0.25) is 4.79 Å². The Labute approximate surface area is 120 Å². The minimum atomic E-state index is -0.425. The van der Waals surface area contributed by atoms with Crippen LogP contribution in [-0.4, -0.2) is 30.3 Å². The zero-order valence-electron chi connectivity index (χ0n) is 12.5. The van der Waals surface area contributed by atoms with Crippen LogP contribution in [0.25, 0.3) is 6.08 Å². The molecule has 0 aliphatic heterocycles. The molecule has 0 bridgehead atoms. The van der Waals surface area contributed by atoms with Gasteiger partial charge >= 0.3 is 0 Å². The van der Waals surface area contributed by atoms with E-state index in [0.717, 1.165) is 16.9 Å². The van der Waals surface area contributed by atoms with Crippen LogP contribution >= 0.6 is 0 Å². The summed E-state index contributed by atoms with van der Waals surface area (Å²) in [5, 5.41) is 12.1. The van der Waals surface area contributed by atoms with Crippen LogP contribution in [0, 0.1) is 6.92 Å². The minimum absolute atomic E-state index is 0.0634. The Kier molecular flexibility index (Phi) is 6.25. The van der Waals surface area contributed by atoms with Crippen molar-refractivity contribution in [3.63, 3.8) is 0 Å². The number of hydrogen-bond donors (Lipinski definition) is 2. The number of aryl methyl sites for hydroxylation is 1. The molecule has 1 aromatic carbocycles. The molecular formula is C16H23NO3. The maximum absolute atomic E-state index is 11.8. The zero-order valence-corrected chi connectivity index (χ0v) is 12.5. The molecule has 0 saturated carbocycles. The third kappa shape index (κ3) is 5.45. The molecule has 4 nitrogen and oxygen atoms in total. The summed E-state index contributed by atoms with van der Waals surface area (Å²) >= 11 is 0. The number of amides is 1. The van der Waals surface area contributed by atoms with Crippen molar-refractivity contribution in [2.45, 2.75) is 39.3 Å². The van der Waals surface area contributed by atoms with Gasteiger partial charge in [-0.15, -0.1) is 0 Å². The van der Waals surface area contributed by atoms with Gasteiger partial charge in [0.2, 0.25) is 5.91 Å². The molecule has 0 aromatic heterocycles. The van der Waals surface area contributed by atoms with Crippen molar-refractivity contribution in [2.75, 3.05) is 7.11 Å². The van der Waals surface area contributed by atoms with Crippen LogP contribution in [0.1, 0.15) is 31.4 Å². The number of carbonyl (C=O) groups is 1. The van der Waals surface area contributed by atoms with Crippen molar-refractivity contribution >= 4 is 12.0 Å². The summed E-state index contributed by atoms with van der Waals surface area (Å²) < 4.78 is 5.25. The molecule has 1 rings (SSSR count). The van der Waals surface area contributed by atoms with Crippen LogP contribution in [-0.2, 0) is 4.79 Å². The molecule has 1 amide bonds. The Morgan fingerprint density at radius 2 is 2.15 bits per heavy atom. The second-order valence-corrected chi connectivity index (χ2v) is 5.07. The number of ether oxygens (including phenoxy) is 1. The topological polar surface area (TPSA) is 58.6 Å². The summed E-state index contributed by atoms with van der Waals surface area (Å²) in [4.78, 5) is 11.8. The number of aliphatic hydroxyl groups excluding tert-OH is 1. The number of methoxy groups -OCH3 is 1. The Morgan fingerprint density at radius 1 is 1.45 bits per heavy atom. The molecule has 2 N–H and O–H groups in total. The first-order valence-corrected chi connectivity index (χ1v) is 6.73. The number of rotatable bonds is 6. The van der Waals surface area contributed by atoms with Gasteiger partial charge in [-0.05, 0) is 45.4 Å². The van der Waals surface area contributed by atoms with Gasteiger partial charge in [-0.25, -0.2) is 0 Å². The van der Waals surface area contributed by atoms with Crippen molar-refractivity contribution in [2.24, 2.45) is 0 Å². The smallest absolute Gasteiger partial charge is 0.244 e. The molecule has 2 atom stereocenters. The van der Waals surface area contributed by atoms with E-state index in [4.69, 9.17) is 4.74 Å². The quantitative estimate of drug-likeness (QED) is 0.784. The summed E-state index contributed by atoms with van der Waals surface area (Å²) in [5.41, 5.74) is 1.97. The summed E-state index contributed by atoms with van der Waals surface area (Å²) in [6.07, 6.45) is 3.32. The summed E-state index contributed by atoms with van der Waals surface area (Å²) in [7, 11) is 1.60. The second kappa shape index (κ2) is 7.70. The maximum Gasteiger partial charge on any atom is 0.244 e. The first-order valence-electron chi connectivity index (χ1n) is 6.73. The summed E-state index contributed by atoms with van der Waals surface area (Å²) in [6.45, 7) is 5.56. The first kappa shape index (κ1) is 16.2. The molecule has 0 spiro atoms. The van der Waals surface area contributed by atoms with Crippen LogP contribution in [0.2, 0.25) is 0 Å². The van der Waals surface area contributed by atoms with E-state index in [1.807, 2.05) is 32.0 Å². The average Bonchev–Trinajstić information content (AvgIpc) is 2.35. The third-order valence-electron chi connectivity index (χ3n) is 2.88. The predicted octanol–water partition coefficient (Wildman–Crippen LogP) is 2.29. The van der Waals surface area contributed by atoms with E-state index in [0.29, 0.717) is 6.42 Å². The fourth-order valence-corrected chi connectivity index (χ4v) is 2.01. The lowest BCUT2D eigenvalue weighted by Crippen LogP contribution is -2.33. The van der Waals surface area contributed by atoms with Crippen molar-refractivity contribution in [3.05, 3.63) is 35.4 Å². The highest BCUT2D eigenvalue weighted by Gasteiger charge is 2.08. The Morgan fingerprint density at radius 3 is 2.75 bits per heavy atom. The minimum Gasteiger partial charge on any atom is -0.496 e. The molecule has 4 heteroatoms. The van der Waals surface area contributed by atoms with E-state index < -0.39 is 6.10 Å². The number of nitrogens with one attached hydrogen (secondary N) is 1. The fraction of sp³-hybridized carbons (Fsp3) is 0.438. The molecular weight excluding hydrogens is 254 g/mol. The maximum atomic E-state index is 11.8. The number of carbonyl (C=O) groups excluding carboxylic acids is 1. The van der Waals surface area contributed by atoms with Gasteiger partial charge < -0.3 is 15.2 Å². The van der Waals surface area contributed by atoms with Crippen LogP contribution in [0.15, 0.2) is 24.3 Å². The van der Waals surface area contributed by atoms with Crippen molar-refractivity contribution in [3.8, 4) is 5.75 Å². The van der Waals surface area contributed by atoms with Crippen molar-refractivity contribution in [1.82, 2.24) is 5.32 Å². The van der Waals surface area contributed by atoms with Crippen molar-refractivity contribution < 1.29 is 14.6 Å². The van der Waals surface area contributed by atoms with E-state index in [1.165, 1.54) is 6.08 Å². The van der Waals surface area contributed by atoms with Gasteiger partial charge in [0.1, 0.15) is 5.75 Å². The lowest BCUT2D eigenvalue weighted by atomic mass is 10.1.